The fourth-order valence-electron chi connectivity index (χ4n) is 2.27. The number of aryl methyl sites for hydroxylation is 1. The third-order valence-electron chi connectivity index (χ3n) is 3.28. The van der Waals surface area contributed by atoms with Crippen LogP contribution in [-0.2, 0) is 0 Å². The molecule has 1 aliphatic heterocycles. The number of methoxy groups -OCH3 is 1. The smallest absolute Gasteiger partial charge is 0.160 e. The highest BCUT2D eigenvalue weighted by molar-refractivity contribution is 5.59. The molecule has 4 nitrogen and oxygen atoms in total. The standard InChI is InChI=1S/C13H21N3O/c1-9-5-12(13(17-4)7-15-9)16-8-10(2)14-6-11(16)3/h5,7,10-11,14H,6,8H2,1-4H3. The van der Waals surface area contributed by atoms with Gasteiger partial charge in [0.1, 0.15) is 0 Å². The maximum absolute atomic E-state index is 5.41. The largest absolute Gasteiger partial charge is 0.493 e. The number of piperazine rings is 1. The van der Waals surface area contributed by atoms with Crippen molar-refractivity contribution in [3.63, 3.8) is 0 Å². The number of aromatic nitrogens is 1. The Bertz CT molecular complexity index is 394. The molecule has 1 aromatic rings. The van der Waals surface area contributed by atoms with Gasteiger partial charge in [0, 0.05) is 30.9 Å². The topological polar surface area (TPSA) is 37.4 Å². The number of hydrogen-bond donors (Lipinski definition) is 1. The number of nitrogens with one attached hydrogen (secondary N) is 1. The van der Waals surface area contributed by atoms with E-state index in [0.717, 1.165) is 30.2 Å². The molecule has 2 rings (SSSR count). The van der Waals surface area contributed by atoms with Crippen molar-refractivity contribution in [3.8, 4) is 5.75 Å². The van der Waals surface area contributed by atoms with E-state index in [-0.39, 0.29) is 0 Å². The second kappa shape index (κ2) is 4.92. The first-order valence-electron chi connectivity index (χ1n) is 6.12. The van der Waals surface area contributed by atoms with Crippen LogP contribution in [0.5, 0.6) is 5.75 Å². The van der Waals surface area contributed by atoms with Crippen molar-refractivity contribution in [2.45, 2.75) is 32.9 Å². The Kier molecular flexibility index (Phi) is 3.52. The molecule has 17 heavy (non-hydrogen) atoms. The summed E-state index contributed by atoms with van der Waals surface area (Å²) in [6.45, 7) is 8.46. The molecule has 0 amide bonds. The lowest BCUT2D eigenvalue weighted by Crippen LogP contribution is -2.54. The first-order chi connectivity index (χ1) is 8.11. The van der Waals surface area contributed by atoms with Gasteiger partial charge in [-0.2, -0.15) is 0 Å². The third kappa shape index (κ3) is 2.52. The average molecular weight is 235 g/mol. The zero-order chi connectivity index (χ0) is 12.4. The monoisotopic (exact) mass is 235 g/mol. The van der Waals surface area contributed by atoms with E-state index in [2.05, 4.69) is 35.1 Å². The van der Waals surface area contributed by atoms with E-state index in [4.69, 9.17) is 4.74 Å². The van der Waals surface area contributed by atoms with Crippen molar-refractivity contribution < 1.29 is 4.74 Å². The molecule has 1 N–H and O–H groups in total. The van der Waals surface area contributed by atoms with Crippen LogP contribution in [0.4, 0.5) is 5.69 Å². The number of rotatable bonds is 2. The third-order valence-corrected chi connectivity index (χ3v) is 3.28. The van der Waals surface area contributed by atoms with Crippen LogP contribution in [-0.4, -0.2) is 37.3 Å². The lowest BCUT2D eigenvalue weighted by atomic mass is 10.1. The van der Waals surface area contributed by atoms with E-state index in [1.165, 1.54) is 0 Å². The summed E-state index contributed by atoms with van der Waals surface area (Å²) < 4.78 is 5.41. The van der Waals surface area contributed by atoms with Gasteiger partial charge in [0.15, 0.2) is 5.75 Å². The Morgan fingerprint density at radius 3 is 2.94 bits per heavy atom. The van der Waals surface area contributed by atoms with E-state index >= 15 is 0 Å². The fourth-order valence-corrected chi connectivity index (χ4v) is 2.27. The van der Waals surface area contributed by atoms with Crippen molar-refractivity contribution >= 4 is 5.69 Å². The molecule has 1 aromatic heterocycles. The number of hydrogen-bond acceptors (Lipinski definition) is 4. The zero-order valence-corrected chi connectivity index (χ0v) is 11.0. The Labute approximate surface area is 103 Å². The van der Waals surface area contributed by atoms with Gasteiger partial charge in [-0.1, -0.05) is 0 Å². The summed E-state index contributed by atoms with van der Waals surface area (Å²) >= 11 is 0. The summed E-state index contributed by atoms with van der Waals surface area (Å²) in [5.74, 6) is 0.858. The van der Waals surface area contributed by atoms with Gasteiger partial charge in [0.05, 0.1) is 19.0 Å². The maximum Gasteiger partial charge on any atom is 0.160 e. The second-order valence-electron chi connectivity index (χ2n) is 4.81. The molecular weight excluding hydrogens is 214 g/mol. The van der Waals surface area contributed by atoms with E-state index < -0.39 is 0 Å². The SMILES string of the molecule is COc1cnc(C)cc1N1CC(C)NCC1C. The first kappa shape index (κ1) is 12.2. The van der Waals surface area contributed by atoms with E-state index in [1.807, 2.05) is 13.1 Å². The number of pyridine rings is 1. The van der Waals surface area contributed by atoms with Crippen LogP contribution in [0.3, 0.4) is 0 Å². The summed E-state index contributed by atoms with van der Waals surface area (Å²) in [6, 6.07) is 3.08. The van der Waals surface area contributed by atoms with E-state index in [9.17, 15) is 0 Å². The van der Waals surface area contributed by atoms with Gasteiger partial charge in [-0.15, -0.1) is 0 Å². The molecule has 94 valence electrons. The van der Waals surface area contributed by atoms with Crippen molar-refractivity contribution in [3.05, 3.63) is 18.0 Å². The van der Waals surface area contributed by atoms with Crippen LogP contribution in [0.1, 0.15) is 19.5 Å². The maximum atomic E-state index is 5.41. The molecule has 1 fully saturated rings. The molecular formula is C13H21N3O. The molecule has 4 heteroatoms. The lowest BCUT2D eigenvalue weighted by Gasteiger charge is -2.39. The molecule has 1 aliphatic rings. The molecule has 2 heterocycles. The molecule has 0 aromatic carbocycles. The van der Waals surface area contributed by atoms with Gasteiger partial charge >= 0.3 is 0 Å². The molecule has 2 atom stereocenters. The first-order valence-corrected chi connectivity index (χ1v) is 6.12. The number of ether oxygens (including phenoxy) is 1. The summed E-state index contributed by atoms with van der Waals surface area (Å²) in [5.41, 5.74) is 2.18. The summed E-state index contributed by atoms with van der Waals surface area (Å²) in [4.78, 5) is 6.68. The van der Waals surface area contributed by atoms with Crippen molar-refractivity contribution in [1.29, 1.82) is 0 Å². The summed E-state index contributed by atoms with van der Waals surface area (Å²) in [7, 11) is 1.70. The molecule has 0 aliphatic carbocycles. The minimum Gasteiger partial charge on any atom is -0.493 e. The quantitative estimate of drug-likeness (QED) is 0.844. The van der Waals surface area contributed by atoms with Gasteiger partial charge in [-0.05, 0) is 26.8 Å². The van der Waals surface area contributed by atoms with Crippen LogP contribution in [0.2, 0.25) is 0 Å². The second-order valence-corrected chi connectivity index (χ2v) is 4.81. The molecule has 0 saturated carbocycles. The number of anilines is 1. The Hall–Kier alpha value is -1.29. The van der Waals surface area contributed by atoms with Gasteiger partial charge < -0.3 is 15.0 Å². The number of nitrogens with zero attached hydrogens (tertiary/aromatic N) is 2. The Balaban J connectivity index is 2.33. The minimum atomic E-state index is 0.474. The highest BCUT2D eigenvalue weighted by Crippen LogP contribution is 2.30. The Morgan fingerprint density at radius 1 is 1.47 bits per heavy atom. The van der Waals surface area contributed by atoms with Crippen molar-refractivity contribution in [1.82, 2.24) is 10.3 Å². The Morgan fingerprint density at radius 2 is 2.24 bits per heavy atom. The molecule has 2 unspecified atom stereocenters. The predicted octanol–water partition coefficient (Wildman–Crippen LogP) is 1.59. The summed E-state index contributed by atoms with van der Waals surface area (Å²) in [5, 5.41) is 3.49. The van der Waals surface area contributed by atoms with Crippen molar-refractivity contribution in [2.24, 2.45) is 0 Å². The van der Waals surface area contributed by atoms with Gasteiger partial charge in [-0.25, -0.2) is 0 Å². The molecule has 0 radical (unpaired) electrons. The van der Waals surface area contributed by atoms with E-state index in [1.54, 1.807) is 7.11 Å². The average Bonchev–Trinajstić information content (AvgIpc) is 2.32. The van der Waals surface area contributed by atoms with Crippen LogP contribution >= 0.6 is 0 Å². The highest BCUT2D eigenvalue weighted by atomic mass is 16.5. The zero-order valence-electron chi connectivity index (χ0n) is 11.0. The minimum absolute atomic E-state index is 0.474. The summed E-state index contributed by atoms with van der Waals surface area (Å²) in [6.07, 6.45) is 1.81. The predicted molar refractivity (Wildman–Crippen MR) is 69.8 cm³/mol. The molecule has 0 spiro atoms. The van der Waals surface area contributed by atoms with Gasteiger partial charge in [-0.3, -0.25) is 4.98 Å². The van der Waals surface area contributed by atoms with Crippen LogP contribution in [0, 0.1) is 6.92 Å². The van der Waals surface area contributed by atoms with Gasteiger partial charge in [0.25, 0.3) is 0 Å². The van der Waals surface area contributed by atoms with Crippen molar-refractivity contribution in [2.75, 3.05) is 25.1 Å². The van der Waals surface area contributed by atoms with Crippen LogP contribution < -0.4 is 15.0 Å². The van der Waals surface area contributed by atoms with Crippen LogP contribution in [0.15, 0.2) is 12.3 Å². The lowest BCUT2D eigenvalue weighted by molar-refractivity contribution is 0.395. The molecule has 0 bridgehead atoms. The van der Waals surface area contributed by atoms with E-state index in [0.29, 0.717) is 12.1 Å². The highest BCUT2D eigenvalue weighted by Gasteiger charge is 2.24. The normalized spacial score (nSPS) is 24.8. The molecule has 1 saturated heterocycles. The fraction of sp³-hybridized carbons (Fsp3) is 0.615. The van der Waals surface area contributed by atoms with Gasteiger partial charge in [0.2, 0.25) is 0 Å². The van der Waals surface area contributed by atoms with Crippen LogP contribution in [0.25, 0.3) is 0 Å².